The summed E-state index contributed by atoms with van der Waals surface area (Å²) < 4.78 is 0. The fourth-order valence-corrected chi connectivity index (χ4v) is 2.95. The van der Waals surface area contributed by atoms with E-state index in [9.17, 15) is 4.79 Å². The molecule has 0 radical (unpaired) electrons. The molecule has 0 bridgehead atoms. The van der Waals surface area contributed by atoms with Crippen LogP contribution in [0, 0.1) is 0 Å². The average molecular weight is 396 g/mol. The summed E-state index contributed by atoms with van der Waals surface area (Å²) in [6, 6.07) is 15.0. The van der Waals surface area contributed by atoms with E-state index in [-0.39, 0.29) is 11.6 Å². The number of benzene rings is 2. The van der Waals surface area contributed by atoms with Crippen LogP contribution < -0.4 is 15.5 Å². The van der Waals surface area contributed by atoms with Crippen LogP contribution in [0.15, 0.2) is 60.9 Å². The van der Waals surface area contributed by atoms with Gasteiger partial charge in [0.05, 0.1) is 12.4 Å². The maximum absolute atomic E-state index is 12.4. The van der Waals surface area contributed by atoms with Crippen LogP contribution in [0.4, 0.5) is 22.9 Å². The standard InChI is InChI=1S/C21H22ClN5O/c1-3-27(4-2)18-10-8-16(9-11-18)26-21(28)19-13-24-20(14-23-19)25-17-7-5-6-15(22)12-17/h5-14H,3-4H2,1-2H3,(H,24,25)(H,26,28). The van der Waals surface area contributed by atoms with Crippen molar-refractivity contribution in [3.63, 3.8) is 0 Å². The van der Waals surface area contributed by atoms with Gasteiger partial charge >= 0.3 is 0 Å². The van der Waals surface area contributed by atoms with Crippen molar-refractivity contribution in [1.29, 1.82) is 0 Å². The van der Waals surface area contributed by atoms with Crippen molar-refractivity contribution in [2.45, 2.75) is 13.8 Å². The van der Waals surface area contributed by atoms with Crippen molar-refractivity contribution in [1.82, 2.24) is 9.97 Å². The Labute approximate surface area is 169 Å². The Morgan fingerprint density at radius 1 is 1.00 bits per heavy atom. The first-order valence-corrected chi connectivity index (χ1v) is 9.48. The minimum atomic E-state index is -0.308. The van der Waals surface area contributed by atoms with Crippen LogP contribution in [0.5, 0.6) is 0 Å². The first kappa shape index (κ1) is 19.6. The molecule has 1 heterocycles. The number of carbonyl (C=O) groups excluding carboxylic acids is 1. The van der Waals surface area contributed by atoms with E-state index in [0.717, 1.165) is 24.5 Å². The normalized spacial score (nSPS) is 10.4. The van der Waals surface area contributed by atoms with Gasteiger partial charge in [0.15, 0.2) is 0 Å². The molecule has 2 aromatic carbocycles. The van der Waals surface area contributed by atoms with Gasteiger partial charge in [0.1, 0.15) is 11.5 Å². The quantitative estimate of drug-likeness (QED) is 0.590. The lowest BCUT2D eigenvalue weighted by molar-refractivity contribution is 0.102. The third kappa shape index (κ3) is 4.98. The minimum absolute atomic E-state index is 0.240. The molecule has 1 aromatic heterocycles. The maximum atomic E-state index is 12.4. The number of rotatable bonds is 7. The van der Waals surface area contributed by atoms with E-state index < -0.39 is 0 Å². The first-order valence-electron chi connectivity index (χ1n) is 9.10. The average Bonchev–Trinajstić information content (AvgIpc) is 2.71. The smallest absolute Gasteiger partial charge is 0.275 e. The number of nitrogens with one attached hydrogen (secondary N) is 2. The third-order valence-electron chi connectivity index (χ3n) is 4.24. The monoisotopic (exact) mass is 395 g/mol. The van der Waals surface area contributed by atoms with E-state index in [1.54, 1.807) is 12.1 Å². The lowest BCUT2D eigenvalue weighted by Crippen LogP contribution is -2.21. The second-order valence-corrected chi connectivity index (χ2v) is 6.53. The Kier molecular flexibility index (Phi) is 6.45. The van der Waals surface area contributed by atoms with Crippen molar-refractivity contribution in [3.8, 4) is 0 Å². The van der Waals surface area contributed by atoms with Gasteiger partial charge < -0.3 is 15.5 Å². The van der Waals surface area contributed by atoms with Crippen LogP contribution in [0.2, 0.25) is 5.02 Å². The number of halogens is 1. The summed E-state index contributed by atoms with van der Waals surface area (Å²) in [5.74, 6) is 0.222. The zero-order valence-electron chi connectivity index (χ0n) is 15.8. The topological polar surface area (TPSA) is 70.2 Å². The van der Waals surface area contributed by atoms with Crippen LogP contribution in [0.3, 0.4) is 0 Å². The zero-order chi connectivity index (χ0) is 19.9. The van der Waals surface area contributed by atoms with Gasteiger partial charge in [-0.25, -0.2) is 9.97 Å². The van der Waals surface area contributed by atoms with Gasteiger partial charge in [-0.2, -0.15) is 0 Å². The highest BCUT2D eigenvalue weighted by Gasteiger charge is 2.09. The first-order chi connectivity index (χ1) is 13.6. The zero-order valence-corrected chi connectivity index (χ0v) is 16.6. The van der Waals surface area contributed by atoms with Crippen LogP contribution in [0.25, 0.3) is 0 Å². The van der Waals surface area contributed by atoms with Crippen LogP contribution in [-0.2, 0) is 0 Å². The lowest BCUT2D eigenvalue weighted by Gasteiger charge is -2.21. The SMILES string of the molecule is CCN(CC)c1ccc(NC(=O)c2cnc(Nc3cccc(Cl)c3)cn2)cc1. The molecule has 7 heteroatoms. The molecule has 1 amide bonds. The summed E-state index contributed by atoms with van der Waals surface area (Å²) in [6.07, 6.45) is 2.95. The Morgan fingerprint density at radius 3 is 2.36 bits per heavy atom. The van der Waals surface area contributed by atoms with E-state index in [0.29, 0.717) is 16.5 Å². The molecular formula is C21H22ClN5O. The molecule has 0 saturated heterocycles. The molecule has 144 valence electrons. The summed E-state index contributed by atoms with van der Waals surface area (Å²) in [4.78, 5) is 23.1. The van der Waals surface area contributed by atoms with Crippen molar-refractivity contribution in [2.24, 2.45) is 0 Å². The van der Waals surface area contributed by atoms with E-state index in [4.69, 9.17) is 11.6 Å². The van der Waals surface area contributed by atoms with Gasteiger partial charge in [-0.15, -0.1) is 0 Å². The number of hydrogen-bond donors (Lipinski definition) is 2. The Morgan fingerprint density at radius 2 is 1.75 bits per heavy atom. The maximum Gasteiger partial charge on any atom is 0.275 e. The van der Waals surface area contributed by atoms with Gasteiger partial charge in [-0.3, -0.25) is 4.79 Å². The minimum Gasteiger partial charge on any atom is -0.372 e. The summed E-state index contributed by atoms with van der Waals surface area (Å²) in [5, 5.41) is 6.56. The van der Waals surface area contributed by atoms with E-state index in [2.05, 4.69) is 39.3 Å². The number of anilines is 4. The fraction of sp³-hybridized carbons (Fsp3) is 0.190. The van der Waals surface area contributed by atoms with Crippen LogP contribution in [-0.4, -0.2) is 29.0 Å². The van der Waals surface area contributed by atoms with Crippen LogP contribution in [0.1, 0.15) is 24.3 Å². The number of hydrogen-bond acceptors (Lipinski definition) is 5. The Balaban J connectivity index is 1.63. The predicted octanol–water partition coefficient (Wildman–Crippen LogP) is 4.97. The van der Waals surface area contributed by atoms with Gasteiger partial charge in [-0.1, -0.05) is 17.7 Å². The number of carbonyl (C=O) groups is 1. The summed E-state index contributed by atoms with van der Waals surface area (Å²) in [6.45, 7) is 6.10. The third-order valence-corrected chi connectivity index (χ3v) is 4.47. The van der Waals surface area contributed by atoms with Gasteiger partial charge in [0.25, 0.3) is 5.91 Å². The molecule has 0 fully saturated rings. The highest BCUT2D eigenvalue weighted by atomic mass is 35.5. The fourth-order valence-electron chi connectivity index (χ4n) is 2.76. The molecule has 0 unspecified atom stereocenters. The molecular weight excluding hydrogens is 374 g/mol. The van der Waals surface area contributed by atoms with Crippen molar-refractivity contribution in [2.75, 3.05) is 28.6 Å². The number of nitrogens with zero attached hydrogens (tertiary/aromatic N) is 3. The van der Waals surface area contributed by atoms with Gasteiger partial charge in [0.2, 0.25) is 0 Å². The molecule has 3 aromatic rings. The molecule has 0 atom stereocenters. The largest absolute Gasteiger partial charge is 0.372 e. The van der Waals surface area contributed by atoms with Crippen molar-refractivity contribution in [3.05, 3.63) is 71.6 Å². The van der Waals surface area contributed by atoms with Crippen molar-refractivity contribution < 1.29 is 4.79 Å². The van der Waals surface area contributed by atoms with Crippen molar-refractivity contribution >= 4 is 40.4 Å². The highest BCUT2D eigenvalue weighted by molar-refractivity contribution is 6.30. The summed E-state index contributed by atoms with van der Waals surface area (Å²) >= 11 is 5.97. The molecule has 28 heavy (non-hydrogen) atoms. The summed E-state index contributed by atoms with van der Waals surface area (Å²) in [5.41, 5.74) is 2.87. The van der Waals surface area contributed by atoms with Gasteiger partial charge in [-0.05, 0) is 56.3 Å². The van der Waals surface area contributed by atoms with Gasteiger partial charge in [0, 0.05) is 35.2 Å². The Bertz CT molecular complexity index is 924. The summed E-state index contributed by atoms with van der Waals surface area (Å²) in [7, 11) is 0. The molecule has 0 spiro atoms. The molecule has 2 N–H and O–H groups in total. The Hall–Kier alpha value is -3.12. The molecule has 0 saturated carbocycles. The molecule has 0 aliphatic heterocycles. The van der Waals surface area contributed by atoms with E-state index in [1.807, 2.05) is 36.4 Å². The number of aromatic nitrogens is 2. The molecule has 6 nitrogen and oxygen atoms in total. The second-order valence-electron chi connectivity index (χ2n) is 6.10. The predicted molar refractivity (Wildman–Crippen MR) is 115 cm³/mol. The molecule has 3 rings (SSSR count). The molecule has 0 aliphatic carbocycles. The molecule has 0 aliphatic rings. The number of amides is 1. The van der Waals surface area contributed by atoms with E-state index in [1.165, 1.54) is 12.4 Å². The second kappa shape index (κ2) is 9.19. The lowest BCUT2D eigenvalue weighted by atomic mass is 10.2. The van der Waals surface area contributed by atoms with E-state index >= 15 is 0 Å². The van der Waals surface area contributed by atoms with Crippen LogP contribution >= 0.6 is 11.6 Å². The highest BCUT2D eigenvalue weighted by Crippen LogP contribution is 2.19.